The lowest BCUT2D eigenvalue weighted by Crippen LogP contribution is -2.17. The summed E-state index contributed by atoms with van der Waals surface area (Å²) in [6, 6.07) is 137. The third kappa shape index (κ3) is 10.0. The summed E-state index contributed by atoms with van der Waals surface area (Å²) in [5, 5.41) is 6.70. The van der Waals surface area contributed by atoms with Gasteiger partial charge in [0.25, 0.3) is 0 Å². The third-order valence-electron chi connectivity index (χ3n) is 17.8. The van der Waals surface area contributed by atoms with E-state index in [0.717, 1.165) is 145 Å². The molecule has 0 fully saturated rings. The van der Waals surface area contributed by atoms with E-state index >= 15 is 0 Å². The van der Waals surface area contributed by atoms with E-state index in [9.17, 15) is 0 Å². The SMILES string of the molecule is c1ccc(-c2ccccc2N(c2ccccc2)c2cc(N(c3ccccc3)c3ccccc3-c3ccccc3)c3ccc4c(N(c5ccccc5)c5ccccc5-c5ccccc5)cc(N(c5ccccc5)c5ccccc5-c5ccccc5)c5ccc2c3c54)cc1. The number of rotatable bonds is 16. The molecule has 16 aromatic carbocycles. The summed E-state index contributed by atoms with van der Waals surface area (Å²) in [6.45, 7) is 0. The van der Waals surface area contributed by atoms with Crippen LogP contribution in [0, 0.1) is 0 Å². The predicted octanol–water partition coefficient (Wildman–Crippen LogP) is 25.1. The Kier molecular flexibility index (Phi) is 14.6. The molecule has 0 saturated carbocycles. The molecule has 0 unspecified atom stereocenters. The van der Waals surface area contributed by atoms with Crippen LogP contribution >= 0.6 is 0 Å². The minimum atomic E-state index is 1.03. The third-order valence-corrected chi connectivity index (χ3v) is 17.8. The Labute approximate surface area is 537 Å². The summed E-state index contributed by atoms with van der Waals surface area (Å²) in [6.07, 6.45) is 0. The van der Waals surface area contributed by atoms with Gasteiger partial charge in [0.05, 0.1) is 45.5 Å². The molecule has 0 aliphatic carbocycles. The zero-order valence-electron chi connectivity index (χ0n) is 50.6. The topological polar surface area (TPSA) is 13.0 Å². The molecule has 0 aromatic heterocycles. The second-order valence-electron chi connectivity index (χ2n) is 23.1. The van der Waals surface area contributed by atoms with E-state index in [1.807, 2.05) is 0 Å². The molecule has 4 heteroatoms. The Bertz CT molecular complexity index is 4550. The Hall–Kier alpha value is -12.2. The highest BCUT2D eigenvalue weighted by molar-refractivity contribution is 6.33. The molecule has 434 valence electrons. The van der Waals surface area contributed by atoms with Crippen LogP contribution in [0.5, 0.6) is 0 Å². The fourth-order valence-corrected chi connectivity index (χ4v) is 13.7. The van der Waals surface area contributed by atoms with Gasteiger partial charge in [-0.1, -0.05) is 291 Å². The van der Waals surface area contributed by atoms with Crippen molar-refractivity contribution in [1.29, 1.82) is 0 Å². The average Bonchev–Trinajstić information content (AvgIpc) is 0.703. The number of para-hydroxylation sites is 8. The molecule has 0 heterocycles. The van der Waals surface area contributed by atoms with Gasteiger partial charge in [-0.2, -0.15) is 0 Å². The van der Waals surface area contributed by atoms with Gasteiger partial charge in [-0.15, -0.1) is 0 Å². The molecule has 4 nitrogen and oxygen atoms in total. The van der Waals surface area contributed by atoms with Crippen molar-refractivity contribution in [3.63, 3.8) is 0 Å². The van der Waals surface area contributed by atoms with Gasteiger partial charge >= 0.3 is 0 Å². The number of anilines is 12. The quantitative estimate of drug-likeness (QED) is 0.0894. The van der Waals surface area contributed by atoms with Crippen molar-refractivity contribution in [2.45, 2.75) is 0 Å². The molecule has 0 N–H and O–H groups in total. The Morgan fingerprint density at radius 2 is 0.315 bits per heavy atom. The Morgan fingerprint density at radius 3 is 0.522 bits per heavy atom. The summed E-state index contributed by atoms with van der Waals surface area (Å²) >= 11 is 0. The Balaban J connectivity index is 1.11. The fraction of sp³-hybridized carbons (Fsp3) is 0. The maximum absolute atomic E-state index is 2.50. The van der Waals surface area contributed by atoms with Gasteiger partial charge in [0, 0.05) is 77.3 Å². The number of hydrogen-bond donors (Lipinski definition) is 0. The largest absolute Gasteiger partial charge is 0.309 e. The molecule has 92 heavy (non-hydrogen) atoms. The van der Waals surface area contributed by atoms with Crippen molar-refractivity contribution in [2.75, 3.05) is 19.6 Å². The maximum Gasteiger partial charge on any atom is 0.0561 e. The molecular formula is C88H62N4. The summed E-state index contributed by atoms with van der Waals surface area (Å²) in [7, 11) is 0. The lowest BCUT2D eigenvalue weighted by Gasteiger charge is -2.35. The van der Waals surface area contributed by atoms with Crippen LogP contribution in [0.3, 0.4) is 0 Å². The smallest absolute Gasteiger partial charge is 0.0561 e. The van der Waals surface area contributed by atoms with E-state index in [2.05, 4.69) is 396 Å². The van der Waals surface area contributed by atoms with Gasteiger partial charge in [-0.25, -0.2) is 0 Å². The summed E-state index contributed by atoms with van der Waals surface area (Å²) in [5.41, 5.74) is 21.5. The summed E-state index contributed by atoms with van der Waals surface area (Å²) < 4.78 is 0. The van der Waals surface area contributed by atoms with Crippen molar-refractivity contribution < 1.29 is 0 Å². The molecule has 0 bridgehead atoms. The lowest BCUT2D eigenvalue weighted by molar-refractivity contribution is 1.26. The standard InChI is InChI=1S/C88H62N4/c1-9-33-63(34-10-1)71-49-25-29-53-79(71)89(67-41-17-5-18-42-67)83-61-84(90(68-43-19-6-20-44-68)80-54-30-26-50-72(80)64-35-11-2-12-36-64)76-59-60-78-86(92(70-47-23-8-24-48-70)82-56-32-28-52-74(82)66-39-15-4-16-40-66)62-85(77-58-57-75(83)87(76)88(77)78)91(69-45-21-7-22-46-69)81-55-31-27-51-73(81)65-37-13-3-14-38-65/h1-62H. The maximum atomic E-state index is 2.50. The van der Waals surface area contributed by atoms with Crippen LogP contribution in [0.1, 0.15) is 0 Å². The van der Waals surface area contributed by atoms with E-state index in [1.165, 1.54) is 0 Å². The second kappa shape index (κ2) is 24.4. The van der Waals surface area contributed by atoms with E-state index in [4.69, 9.17) is 0 Å². The highest BCUT2D eigenvalue weighted by Gasteiger charge is 2.31. The molecule has 0 aliphatic heterocycles. The molecule has 0 amide bonds. The number of benzene rings is 16. The minimum Gasteiger partial charge on any atom is -0.309 e. The van der Waals surface area contributed by atoms with Gasteiger partial charge in [0.1, 0.15) is 0 Å². The van der Waals surface area contributed by atoms with Crippen molar-refractivity contribution in [3.05, 3.63) is 376 Å². The molecule has 16 rings (SSSR count). The van der Waals surface area contributed by atoms with E-state index in [-0.39, 0.29) is 0 Å². The molecule has 0 atom stereocenters. The highest BCUT2D eigenvalue weighted by Crippen LogP contribution is 2.57. The normalized spacial score (nSPS) is 11.3. The zero-order valence-corrected chi connectivity index (χ0v) is 50.6. The first-order valence-corrected chi connectivity index (χ1v) is 31.5. The predicted molar refractivity (Wildman–Crippen MR) is 391 cm³/mol. The average molecular weight is 1180 g/mol. The zero-order chi connectivity index (χ0) is 61.2. The molecular weight excluding hydrogens is 1110 g/mol. The van der Waals surface area contributed by atoms with Crippen LogP contribution in [0.25, 0.3) is 76.8 Å². The van der Waals surface area contributed by atoms with Crippen molar-refractivity contribution in [1.82, 2.24) is 0 Å². The van der Waals surface area contributed by atoms with Gasteiger partial charge in [0.2, 0.25) is 0 Å². The fourth-order valence-electron chi connectivity index (χ4n) is 13.7. The van der Waals surface area contributed by atoms with Gasteiger partial charge < -0.3 is 19.6 Å². The highest BCUT2D eigenvalue weighted by atomic mass is 15.2. The minimum absolute atomic E-state index is 1.03. The molecule has 0 radical (unpaired) electrons. The molecule has 0 saturated heterocycles. The van der Waals surface area contributed by atoms with E-state index in [0.29, 0.717) is 0 Å². The van der Waals surface area contributed by atoms with Crippen LogP contribution in [-0.4, -0.2) is 0 Å². The van der Waals surface area contributed by atoms with E-state index < -0.39 is 0 Å². The molecule has 0 aliphatic rings. The van der Waals surface area contributed by atoms with Crippen molar-refractivity contribution in [2.24, 2.45) is 0 Å². The van der Waals surface area contributed by atoms with Crippen LogP contribution in [0.2, 0.25) is 0 Å². The van der Waals surface area contributed by atoms with Crippen LogP contribution < -0.4 is 19.6 Å². The van der Waals surface area contributed by atoms with Crippen LogP contribution in [0.15, 0.2) is 376 Å². The Morgan fingerprint density at radius 1 is 0.141 bits per heavy atom. The van der Waals surface area contributed by atoms with Crippen LogP contribution in [0.4, 0.5) is 68.2 Å². The van der Waals surface area contributed by atoms with Crippen molar-refractivity contribution in [3.8, 4) is 44.5 Å². The lowest BCUT2D eigenvalue weighted by atomic mass is 9.88. The molecule has 16 aromatic rings. The second-order valence-corrected chi connectivity index (χ2v) is 23.1. The number of nitrogens with zero attached hydrogens (tertiary/aromatic N) is 4. The first-order valence-electron chi connectivity index (χ1n) is 31.5. The van der Waals surface area contributed by atoms with E-state index in [1.54, 1.807) is 0 Å². The van der Waals surface area contributed by atoms with Gasteiger partial charge in [-0.05, 0) is 107 Å². The van der Waals surface area contributed by atoms with Crippen molar-refractivity contribution >= 4 is 101 Å². The van der Waals surface area contributed by atoms with Gasteiger partial charge in [0.15, 0.2) is 0 Å². The first-order chi connectivity index (χ1) is 45.7. The van der Waals surface area contributed by atoms with Crippen LogP contribution in [-0.2, 0) is 0 Å². The summed E-state index contributed by atoms with van der Waals surface area (Å²) in [5.74, 6) is 0. The summed E-state index contributed by atoms with van der Waals surface area (Å²) in [4.78, 5) is 10.0. The first kappa shape index (κ1) is 55.1. The monoisotopic (exact) mass is 1170 g/mol. The molecule has 0 spiro atoms. The van der Waals surface area contributed by atoms with Gasteiger partial charge in [-0.3, -0.25) is 0 Å². The number of hydrogen-bond acceptors (Lipinski definition) is 4.